The van der Waals surface area contributed by atoms with Crippen molar-refractivity contribution >= 4 is 44.8 Å². The van der Waals surface area contributed by atoms with Gasteiger partial charge in [-0.25, -0.2) is 0 Å². The van der Waals surface area contributed by atoms with Crippen LogP contribution in [0.25, 0.3) is 11.6 Å². The van der Waals surface area contributed by atoms with E-state index in [9.17, 15) is 14.9 Å². The van der Waals surface area contributed by atoms with Gasteiger partial charge in [0.15, 0.2) is 5.57 Å². The monoisotopic (exact) mass is 493 g/mol. The van der Waals surface area contributed by atoms with Gasteiger partial charge in [-0.05, 0) is 42.2 Å². The normalized spacial score (nSPS) is 15.1. The molecular weight excluding hydrogens is 474 g/mol. The fourth-order valence-electron chi connectivity index (χ4n) is 3.63. The minimum Gasteiger partial charge on any atom is -0.338 e. The van der Waals surface area contributed by atoms with Crippen LogP contribution < -0.4 is 14.8 Å². The maximum atomic E-state index is 13.3. The molecule has 0 bridgehead atoms. The SMILES string of the molecule is N#CC(C(=O)N1CCCC1)=c1sc(=Cc2cccc(Br)c2)c(=O)n1Cc1ccccc1. The Kier molecular flexibility index (Phi) is 6.50. The highest BCUT2D eigenvalue weighted by molar-refractivity contribution is 9.10. The van der Waals surface area contributed by atoms with Crippen LogP contribution in [0, 0.1) is 11.3 Å². The van der Waals surface area contributed by atoms with Crippen LogP contribution in [0.15, 0.2) is 63.9 Å². The van der Waals surface area contributed by atoms with Gasteiger partial charge in [-0.3, -0.25) is 14.2 Å². The Hall–Kier alpha value is -2.95. The standard InChI is InChI=1S/C24H20BrN3O2S/c25-19-10-6-9-18(13-19)14-21-23(30)28(16-17-7-2-1-3-8-17)24(31-21)20(15-26)22(29)27-11-4-5-12-27/h1-3,6-10,13-14H,4-5,11-12,16H2. The molecule has 0 unspecified atom stereocenters. The maximum absolute atomic E-state index is 13.3. The summed E-state index contributed by atoms with van der Waals surface area (Å²) in [7, 11) is 0. The molecule has 1 aromatic heterocycles. The number of carbonyl (C=O) groups is 1. The largest absolute Gasteiger partial charge is 0.338 e. The fourth-order valence-corrected chi connectivity index (χ4v) is 5.14. The minimum absolute atomic E-state index is 0.0359. The first-order valence-corrected chi connectivity index (χ1v) is 11.6. The van der Waals surface area contributed by atoms with Crippen LogP contribution in [0.5, 0.6) is 0 Å². The number of benzene rings is 2. The van der Waals surface area contributed by atoms with Gasteiger partial charge >= 0.3 is 0 Å². The maximum Gasteiger partial charge on any atom is 0.269 e. The van der Waals surface area contributed by atoms with E-state index < -0.39 is 0 Å². The number of nitrogens with zero attached hydrogens (tertiary/aromatic N) is 3. The molecule has 0 spiro atoms. The molecule has 0 atom stereocenters. The van der Waals surface area contributed by atoms with Crippen molar-refractivity contribution in [1.29, 1.82) is 5.26 Å². The topological polar surface area (TPSA) is 66.1 Å². The summed E-state index contributed by atoms with van der Waals surface area (Å²) in [5.74, 6) is -0.294. The second kappa shape index (κ2) is 9.46. The third kappa shape index (κ3) is 4.71. The molecule has 1 aliphatic rings. The molecule has 0 radical (unpaired) electrons. The number of likely N-dealkylation sites (tertiary alicyclic amines) is 1. The molecule has 1 saturated heterocycles. The molecule has 1 aliphatic heterocycles. The Bertz CT molecular complexity index is 1330. The van der Waals surface area contributed by atoms with Crippen molar-refractivity contribution in [3.63, 3.8) is 0 Å². The zero-order chi connectivity index (χ0) is 21.8. The average molecular weight is 494 g/mol. The van der Waals surface area contributed by atoms with Crippen LogP contribution in [-0.4, -0.2) is 28.5 Å². The molecule has 3 aromatic rings. The lowest BCUT2D eigenvalue weighted by Gasteiger charge is -2.14. The predicted molar refractivity (Wildman–Crippen MR) is 126 cm³/mol. The van der Waals surface area contributed by atoms with E-state index in [4.69, 9.17) is 0 Å². The number of amides is 1. The number of carbonyl (C=O) groups excluding carboxylic acids is 1. The number of hydrogen-bond donors (Lipinski definition) is 0. The summed E-state index contributed by atoms with van der Waals surface area (Å²) < 4.78 is 3.37. The second-order valence-corrected chi connectivity index (χ2v) is 9.28. The average Bonchev–Trinajstić information content (AvgIpc) is 3.40. The van der Waals surface area contributed by atoms with Crippen molar-refractivity contribution in [3.05, 3.63) is 89.7 Å². The lowest BCUT2D eigenvalue weighted by Crippen LogP contribution is -2.36. The van der Waals surface area contributed by atoms with Crippen LogP contribution in [0.3, 0.4) is 0 Å². The molecule has 31 heavy (non-hydrogen) atoms. The molecule has 2 aromatic carbocycles. The van der Waals surface area contributed by atoms with Gasteiger partial charge < -0.3 is 4.90 Å². The van der Waals surface area contributed by atoms with E-state index in [1.165, 1.54) is 11.3 Å². The van der Waals surface area contributed by atoms with Crippen molar-refractivity contribution in [2.45, 2.75) is 19.4 Å². The molecular formula is C24H20BrN3O2S. The summed E-state index contributed by atoms with van der Waals surface area (Å²) in [5.41, 5.74) is 1.64. The van der Waals surface area contributed by atoms with Gasteiger partial charge in [-0.15, -0.1) is 11.3 Å². The Morgan fingerprint density at radius 3 is 2.55 bits per heavy atom. The summed E-state index contributed by atoms with van der Waals surface area (Å²) in [6.07, 6.45) is 3.68. The van der Waals surface area contributed by atoms with E-state index in [0.29, 0.717) is 28.8 Å². The van der Waals surface area contributed by atoms with Crippen LogP contribution in [-0.2, 0) is 11.3 Å². The molecule has 156 valence electrons. The third-order valence-corrected chi connectivity index (χ3v) is 6.79. The zero-order valence-corrected chi connectivity index (χ0v) is 19.2. The number of rotatable bonds is 4. The van der Waals surface area contributed by atoms with E-state index in [1.54, 1.807) is 15.5 Å². The van der Waals surface area contributed by atoms with E-state index in [0.717, 1.165) is 28.4 Å². The lowest BCUT2D eigenvalue weighted by atomic mass is 10.2. The van der Waals surface area contributed by atoms with Crippen molar-refractivity contribution in [1.82, 2.24) is 9.47 Å². The summed E-state index contributed by atoms with van der Waals surface area (Å²) in [5, 5.41) is 9.87. The Morgan fingerprint density at radius 1 is 1.13 bits per heavy atom. The van der Waals surface area contributed by atoms with Crippen molar-refractivity contribution < 1.29 is 4.79 Å². The number of nitriles is 1. The molecule has 0 N–H and O–H groups in total. The fraction of sp³-hybridized carbons (Fsp3) is 0.208. The second-order valence-electron chi connectivity index (χ2n) is 7.33. The van der Waals surface area contributed by atoms with Gasteiger partial charge in [0.05, 0.1) is 11.1 Å². The van der Waals surface area contributed by atoms with Crippen molar-refractivity contribution in [2.24, 2.45) is 0 Å². The van der Waals surface area contributed by atoms with Gasteiger partial charge in [0.2, 0.25) is 0 Å². The number of halogens is 1. The summed E-state index contributed by atoms with van der Waals surface area (Å²) in [6.45, 7) is 1.60. The van der Waals surface area contributed by atoms with E-state index in [-0.39, 0.29) is 17.0 Å². The number of thiazole rings is 1. The quantitative estimate of drug-likeness (QED) is 0.561. The molecule has 2 heterocycles. The van der Waals surface area contributed by atoms with Gasteiger partial charge in [0.25, 0.3) is 11.5 Å². The third-order valence-electron chi connectivity index (χ3n) is 5.17. The molecule has 5 nitrogen and oxygen atoms in total. The lowest BCUT2D eigenvalue weighted by molar-refractivity contribution is -0.123. The highest BCUT2D eigenvalue weighted by Crippen LogP contribution is 2.13. The summed E-state index contributed by atoms with van der Waals surface area (Å²) >= 11 is 4.65. The van der Waals surface area contributed by atoms with Crippen LogP contribution >= 0.6 is 27.3 Å². The van der Waals surface area contributed by atoms with E-state index >= 15 is 0 Å². The predicted octanol–water partition coefficient (Wildman–Crippen LogP) is 2.85. The molecule has 4 rings (SSSR count). The van der Waals surface area contributed by atoms with Gasteiger partial charge in [0.1, 0.15) is 10.7 Å². The molecule has 7 heteroatoms. The number of aromatic nitrogens is 1. The first kappa shape index (κ1) is 21.3. The zero-order valence-electron chi connectivity index (χ0n) is 16.8. The first-order chi connectivity index (χ1) is 15.1. The van der Waals surface area contributed by atoms with Crippen LogP contribution in [0.2, 0.25) is 0 Å². The summed E-state index contributed by atoms with van der Waals surface area (Å²) in [6, 6.07) is 19.3. The van der Waals surface area contributed by atoms with Crippen molar-refractivity contribution in [3.8, 4) is 6.07 Å². The summed E-state index contributed by atoms with van der Waals surface area (Å²) in [4.78, 5) is 28.1. The van der Waals surface area contributed by atoms with E-state index in [2.05, 4.69) is 22.0 Å². The minimum atomic E-state index is -0.294. The van der Waals surface area contributed by atoms with Gasteiger partial charge in [0, 0.05) is 17.6 Å². The molecule has 0 saturated carbocycles. The Balaban J connectivity index is 1.93. The van der Waals surface area contributed by atoms with Gasteiger partial charge in [-0.2, -0.15) is 5.26 Å². The smallest absolute Gasteiger partial charge is 0.269 e. The van der Waals surface area contributed by atoms with Crippen LogP contribution in [0.4, 0.5) is 0 Å². The van der Waals surface area contributed by atoms with E-state index in [1.807, 2.05) is 54.6 Å². The number of hydrogen-bond acceptors (Lipinski definition) is 4. The molecule has 1 fully saturated rings. The highest BCUT2D eigenvalue weighted by atomic mass is 79.9. The Labute approximate surface area is 192 Å². The Morgan fingerprint density at radius 2 is 1.87 bits per heavy atom. The highest BCUT2D eigenvalue weighted by Gasteiger charge is 2.24. The first-order valence-electron chi connectivity index (χ1n) is 10.0. The molecule has 0 aliphatic carbocycles. The van der Waals surface area contributed by atoms with Crippen molar-refractivity contribution in [2.75, 3.05) is 13.1 Å². The molecule has 1 amide bonds. The van der Waals surface area contributed by atoms with Gasteiger partial charge in [-0.1, -0.05) is 58.4 Å². The van der Waals surface area contributed by atoms with Crippen LogP contribution in [0.1, 0.15) is 24.0 Å².